The fraction of sp³-hybridized carbons (Fsp3) is 0.419. The number of imidazole rings is 1. The lowest BCUT2D eigenvalue weighted by atomic mass is 9.91. The SMILES string of the molecule is CCC(=O)NC1CC(n2cnc3c(NCC(c4ccccc4)c4ccccc4)nc(N4CC[C@@H](N)C4)nc32)C(O)C1O.Cl.Cl. The van der Waals surface area contributed by atoms with Crippen molar-refractivity contribution in [3.8, 4) is 0 Å². The molecule has 44 heavy (non-hydrogen) atoms. The van der Waals surface area contributed by atoms with Crippen LogP contribution >= 0.6 is 24.8 Å². The van der Waals surface area contributed by atoms with Gasteiger partial charge in [-0.15, -0.1) is 24.8 Å². The third-order valence-electron chi connectivity index (χ3n) is 8.47. The number of aliphatic hydroxyl groups is 2. The van der Waals surface area contributed by atoms with Crippen LogP contribution in [-0.2, 0) is 4.79 Å². The smallest absolute Gasteiger partial charge is 0.229 e. The van der Waals surface area contributed by atoms with Gasteiger partial charge >= 0.3 is 0 Å². The number of rotatable bonds is 9. The van der Waals surface area contributed by atoms with E-state index < -0.39 is 24.3 Å². The fourth-order valence-corrected chi connectivity index (χ4v) is 6.11. The molecular weight excluding hydrogens is 603 g/mol. The Morgan fingerprint density at radius 2 is 1.68 bits per heavy atom. The molecule has 2 fully saturated rings. The maximum atomic E-state index is 12.1. The monoisotopic (exact) mass is 642 g/mol. The van der Waals surface area contributed by atoms with E-state index in [2.05, 4.69) is 44.8 Å². The van der Waals surface area contributed by atoms with Crippen molar-refractivity contribution in [2.45, 2.75) is 62.4 Å². The van der Waals surface area contributed by atoms with Gasteiger partial charge in [-0.2, -0.15) is 9.97 Å². The van der Waals surface area contributed by atoms with Gasteiger partial charge < -0.3 is 36.0 Å². The molecule has 6 rings (SSSR count). The zero-order chi connectivity index (χ0) is 29.2. The van der Waals surface area contributed by atoms with Crippen LogP contribution in [0.1, 0.15) is 49.3 Å². The predicted octanol–water partition coefficient (Wildman–Crippen LogP) is 3.01. The Morgan fingerprint density at radius 3 is 2.27 bits per heavy atom. The van der Waals surface area contributed by atoms with Crippen molar-refractivity contribution >= 4 is 53.7 Å². The van der Waals surface area contributed by atoms with Crippen molar-refractivity contribution in [3.63, 3.8) is 0 Å². The molecule has 1 aliphatic heterocycles. The molecule has 5 atom stereocenters. The molecule has 1 amide bonds. The third kappa shape index (κ3) is 6.77. The number of amides is 1. The molecule has 3 heterocycles. The Bertz CT molecular complexity index is 1490. The first kappa shape index (κ1) is 33.4. The number of benzene rings is 2. The van der Waals surface area contributed by atoms with E-state index in [1.807, 2.05) is 36.4 Å². The van der Waals surface area contributed by atoms with Gasteiger partial charge in [-0.25, -0.2) is 4.98 Å². The summed E-state index contributed by atoms with van der Waals surface area (Å²) < 4.78 is 1.81. The standard InChI is InChI=1S/C31H38N8O3.2ClH/c1-2-25(40)35-23-15-24(28(42)27(23)41)39-18-34-26-29(36-31(37-30(26)39)38-14-13-21(32)17-38)33-16-22(19-9-5-3-6-10-19)20-11-7-4-8-12-20;;/h3-12,18,21-24,27-28,41-42H,2,13-17,32H2,1H3,(H,35,40)(H,33,36,37);2*1H/t21-,23?,24?,27?,28?;;/m1../s1. The predicted molar refractivity (Wildman–Crippen MR) is 176 cm³/mol. The summed E-state index contributed by atoms with van der Waals surface area (Å²) >= 11 is 0. The van der Waals surface area contributed by atoms with Crippen LogP contribution in [0, 0.1) is 0 Å². The lowest BCUT2D eigenvalue weighted by molar-refractivity contribution is -0.122. The molecule has 0 spiro atoms. The number of fused-ring (bicyclic) bond motifs is 1. The van der Waals surface area contributed by atoms with Gasteiger partial charge in [0, 0.05) is 38.0 Å². The van der Waals surface area contributed by atoms with Gasteiger partial charge in [-0.05, 0) is 24.0 Å². The van der Waals surface area contributed by atoms with E-state index in [0.29, 0.717) is 48.9 Å². The number of hydrogen-bond donors (Lipinski definition) is 5. The van der Waals surface area contributed by atoms with Crippen LogP contribution in [0.4, 0.5) is 11.8 Å². The first-order valence-electron chi connectivity index (χ1n) is 14.7. The number of halogens is 2. The summed E-state index contributed by atoms with van der Waals surface area (Å²) in [7, 11) is 0. The number of nitrogens with zero attached hydrogens (tertiary/aromatic N) is 5. The number of aliphatic hydroxyl groups excluding tert-OH is 2. The first-order chi connectivity index (χ1) is 20.4. The Kier molecular flexibility index (Phi) is 11.0. The fourth-order valence-electron chi connectivity index (χ4n) is 6.11. The van der Waals surface area contributed by atoms with E-state index in [9.17, 15) is 15.0 Å². The Balaban J connectivity index is 0.00000221. The number of hydrogen-bond acceptors (Lipinski definition) is 9. The number of nitrogens with one attached hydrogen (secondary N) is 2. The molecule has 1 saturated heterocycles. The molecule has 1 saturated carbocycles. The van der Waals surface area contributed by atoms with Gasteiger partial charge in [0.25, 0.3) is 0 Å². The lowest BCUT2D eigenvalue weighted by Gasteiger charge is -2.22. The second kappa shape index (κ2) is 14.5. The third-order valence-corrected chi connectivity index (χ3v) is 8.47. The molecule has 236 valence electrons. The molecule has 4 aromatic rings. The Labute approximate surface area is 269 Å². The molecule has 0 bridgehead atoms. The van der Waals surface area contributed by atoms with E-state index in [-0.39, 0.29) is 42.7 Å². The molecule has 11 nitrogen and oxygen atoms in total. The summed E-state index contributed by atoms with van der Waals surface area (Å²) in [5, 5.41) is 28.2. The van der Waals surface area contributed by atoms with Gasteiger partial charge in [-0.1, -0.05) is 67.6 Å². The average Bonchev–Trinajstić information content (AvgIpc) is 3.72. The van der Waals surface area contributed by atoms with Crippen LogP contribution in [-0.4, -0.2) is 79.6 Å². The van der Waals surface area contributed by atoms with Crippen molar-refractivity contribution in [2.75, 3.05) is 29.9 Å². The minimum absolute atomic E-state index is 0. The van der Waals surface area contributed by atoms with Crippen molar-refractivity contribution < 1.29 is 15.0 Å². The van der Waals surface area contributed by atoms with Gasteiger partial charge in [0.15, 0.2) is 17.0 Å². The van der Waals surface area contributed by atoms with Crippen LogP contribution in [0.3, 0.4) is 0 Å². The molecule has 6 N–H and O–H groups in total. The molecular formula is C31H40Cl2N8O3. The number of carbonyl (C=O) groups is 1. The Hall–Kier alpha value is -3.48. The zero-order valence-corrected chi connectivity index (χ0v) is 26.1. The average molecular weight is 644 g/mol. The normalized spacial score (nSPS) is 22.9. The highest BCUT2D eigenvalue weighted by Gasteiger charge is 2.44. The summed E-state index contributed by atoms with van der Waals surface area (Å²) in [4.78, 5) is 28.6. The summed E-state index contributed by atoms with van der Waals surface area (Å²) in [6, 6.07) is 19.7. The van der Waals surface area contributed by atoms with E-state index in [1.54, 1.807) is 17.8 Å². The van der Waals surface area contributed by atoms with Crippen molar-refractivity contribution in [3.05, 3.63) is 78.1 Å². The van der Waals surface area contributed by atoms with Gasteiger partial charge in [0.2, 0.25) is 11.9 Å². The van der Waals surface area contributed by atoms with E-state index in [1.165, 1.54) is 11.1 Å². The largest absolute Gasteiger partial charge is 0.388 e. The molecule has 1 aliphatic carbocycles. The number of nitrogens with two attached hydrogens (primary N) is 1. The number of carbonyl (C=O) groups excluding carboxylic acids is 1. The number of aromatic nitrogens is 4. The maximum absolute atomic E-state index is 12.1. The zero-order valence-electron chi connectivity index (χ0n) is 24.5. The summed E-state index contributed by atoms with van der Waals surface area (Å²) in [5.74, 6) is 1.03. The second-order valence-electron chi connectivity index (χ2n) is 11.3. The first-order valence-corrected chi connectivity index (χ1v) is 14.7. The van der Waals surface area contributed by atoms with E-state index in [0.717, 1.165) is 13.0 Å². The molecule has 4 unspecified atom stereocenters. The molecule has 13 heteroatoms. The van der Waals surface area contributed by atoms with Crippen molar-refractivity contribution in [2.24, 2.45) is 5.73 Å². The summed E-state index contributed by atoms with van der Waals surface area (Å²) in [6.45, 7) is 3.71. The number of anilines is 2. The topological polar surface area (TPSA) is 154 Å². The lowest BCUT2D eigenvalue weighted by Crippen LogP contribution is -2.42. The van der Waals surface area contributed by atoms with Crippen LogP contribution in [0.5, 0.6) is 0 Å². The van der Waals surface area contributed by atoms with Gasteiger partial charge in [-0.3, -0.25) is 4.79 Å². The van der Waals surface area contributed by atoms with Gasteiger partial charge in [0.1, 0.15) is 12.2 Å². The summed E-state index contributed by atoms with van der Waals surface area (Å²) in [5.41, 5.74) is 9.71. The Morgan fingerprint density at radius 1 is 1.02 bits per heavy atom. The molecule has 0 radical (unpaired) electrons. The molecule has 2 aromatic carbocycles. The quantitative estimate of drug-likeness (QED) is 0.185. The van der Waals surface area contributed by atoms with Crippen LogP contribution in [0.15, 0.2) is 67.0 Å². The minimum atomic E-state index is -1.10. The van der Waals surface area contributed by atoms with Crippen molar-refractivity contribution in [1.82, 2.24) is 24.8 Å². The van der Waals surface area contributed by atoms with Crippen LogP contribution < -0.4 is 21.3 Å². The molecule has 2 aromatic heterocycles. The van der Waals surface area contributed by atoms with E-state index >= 15 is 0 Å². The summed E-state index contributed by atoms with van der Waals surface area (Å²) in [6.07, 6.45) is 0.936. The van der Waals surface area contributed by atoms with Crippen LogP contribution in [0.2, 0.25) is 0 Å². The highest BCUT2D eigenvalue weighted by molar-refractivity contribution is 5.86. The maximum Gasteiger partial charge on any atom is 0.229 e. The van der Waals surface area contributed by atoms with Gasteiger partial charge in [0.05, 0.1) is 18.4 Å². The highest BCUT2D eigenvalue weighted by atomic mass is 35.5. The minimum Gasteiger partial charge on any atom is -0.388 e. The van der Waals surface area contributed by atoms with E-state index in [4.69, 9.17) is 15.7 Å². The molecule has 2 aliphatic rings. The second-order valence-corrected chi connectivity index (χ2v) is 11.3. The van der Waals surface area contributed by atoms with Crippen molar-refractivity contribution in [1.29, 1.82) is 0 Å². The highest BCUT2D eigenvalue weighted by Crippen LogP contribution is 2.35. The van der Waals surface area contributed by atoms with Crippen LogP contribution in [0.25, 0.3) is 11.2 Å².